The van der Waals surface area contributed by atoms with Crippen molar-refractivity contribution in [3.05, 3.63) is 6.29 Å². The van der Waals surface area contributed by atoms with E-state index in [0.29, 0.717) is 19.6 Å². The topological polar surface area (TPSA) is 78.8 Å². The lowest BCUT2D eigenvalue weighted by molar-refractivity contribution is -0.0453. The van der Waals surface area contributed by atoms with Gasteiger partial charge in [-0.2, -0.15) is 0 Å². The van der Waals surface area contributed by atoms with Crippen LogP contribution in [0, 0.1) is 6.29 Å². The Hall–Kier alpha value is -0.200. The first kappa shape index (κ1) is 13.8. The van der Waals surface area contributed by atoms with Crippen LogP contribution in [0.5, 0.6) is 0 Å². The highest BCUT2D eigenvalue weighted by molar-refractivity contribution is 4.55. The summed E-state index contributed by atoms with van der Waals surface area (Å²) in [6.07, 6.45) is 0.550. The molecule has 5 heteroatoms. The number of unbranched alkanes of at least 4 members (excludes halogenated alkanes) is 1. The van der Waals surface area contributed by atoms with E-state index in [1.807, 2.05) is 6.92 Å². The van der Waals surface area contributed by atoms with Crippen molar-refractivity contribution in [2.24, 2.45) is 0 Å². The zero-order chi connectivity index (χ0) is 10.8. The van der Waals surface area contributed by atoms with E-state index in [0.717, 1.165) is 6.42 Å². The summed E-state index contributed by atoms with van der Waals surface area (Å²) in [7, 11) is 0. The SMILES string of the molecule is CC(COC[C](O)O)OCCCC[O]. The van der Waals surface area contributed by atoms with E-state index < -0.39 is 6.29 Å². The third-order valence-electron chi connectivity index (χ3n) is 1.52. The molecule has 1 unspecified atom stereocenters. The second-order valence-corrected chi connectivity index (χ2v) is 3.02. The molecule has 0 heterocycles. The average Bonchev–Trinajstić information content (AvgIpc) is 2.12. The summed E-state index contributed by atoms with van der Waals surface area (Å²) in [6, 6.07) is 0. The molecule has 0 rings (SSSR count). The maximum absolute atomic E-state index is 10.1. The molecule has 1 atom stereocenters. The Morgan fingerprint density at radius 1 is 1.36 bits per heavy atom. The summed E-state index contributed by atoms with van der Waals surface area (Å²) in [5.74, 6) is 0. The molecule has 0 spiro atoms. The molecule has 5 nitrogen and oxygen atoms in total. The molecule has 2 radical (unpaired) electrons. The van der Waals surface area contributed by atoms with Crippen molar-refractivity contribution in [3.63, 3.8) is 0 Å². The molecule has 0 fully saturated rings. The van der Waals surface area contributed by atoms with Gasteiger partial charge in [-0.15, -0.1) is 0 Å². The maximum atomic E-state index is 10.1. The number of hydrogen-bond donors (Lipinski definition) is 2. The van der Waals surface area contributed by atoms with Crippen LogP contribution in [-0.2, 0) is 14.6 Å². The fourth-order valence-corrected chi connectivity index (χ4v) is 0.853. The van der Waals surface area contributed by atoms with Gasteiger partial charge in [-0.3, -0.25) is 0 Å². The Bertz CT molecular complexity index is 118. The molecule has 0 saturated heterocycles. The van der Waals surface area contributed by atoms with E-state index >= 15 is 0 Å². The summed E-state index contributed by atoms with van der Waals surface area (Å²) in [4.78, 5) is 0. The van der Waals surface area contributed by atoms with E-state index in [-0.39, 0.29) is 19.3 Å². The van der Waals surface area contributed by atoms with Gasteiger partial charge < -0.3 is 19.7 Å². The molecule has 0 aliphatic carbocycles. The lowest BCUT2D eigenvalue weighted by Gasteiger charge is -2.13. The van der Waals surface area contributed by atoms with Crippen molar-refractivity contribution in [3.8, 4) is 0 Å². The van der Waals surface area contributed by atoms with Crippen LogP contribution in [0.2, 0.25) is 0 Å². The molecule has 0 bridgehead atoms. The van der Waals surface area contributed by atoms with Crippen LogP contribution >= 0.6 is 0 Å². The van der Waals surface area contributed by atoms with Gasteiger partial charge in [-0.05, 0) is 19.8 Å². The minimum atomic E-state index is -0.733. The fourth-order valence-electron chi connectivity index (χ4n) is 0.853. The first-order valence-electron chi connectivity index (χ1n) is 4.68. The van der Waals surface area contributed by atoms with Gasteiger partial charge >= 0.3 is 0 Å². The van der Waals surface area contributed by atoms with Crippen molar-refractivity contribution >= 4 is 0 Å². The zero-order valence-electron chi connectivity index (χ0n) is 8.44. The number of ether oxygens (including phenoxy) is 2. The van der Waals surface area contributed by atoms with Crippen molar-refractivity contribution in [2.75, 3.05) is 26.4 Å². The number of hydrogen-bond acceptors (Lipinski definition) is 4. The van der Waals surface area contributed by atoms with Crippen LogP contribution in [0.4, 0.5) is 0 Å². The Morgan fingerprint density at radius 3 is 2.64 bits per heavy atom. The van der Waals surface area contributed by atoms with Crippen LogP contribution in [0.1, 0.15) is 19.8 Å². The molecule has 0 aliphatic heterocycles. The van der Waals surface area contributed by atoms with Gasteiger partial charge in [0.15, 0.2) is 0 Å². The summed E-state index contributed by atoms with van der Waals surface area (Å²) in [6.45, 7) is 2.42. The van der Waals surface area contributed by atoms with Crippen LogP contribution in [0.3, 0.4) is 0 Å². The molecule has 0 saturated carbocycles. The van der Waals surface area contributed by atoms with Crippen molar-refractivity contribution in [2.45, 2.75) is 25.9 Å². The number of rotatable bonds is 9. The van der Waals surface area contributed by atoms with E-state index in [9.17, 15) is 5.11 Å². The molecular weight excluding hydrogens is 188 g/mol. The van der Waals surface area contributed by atoms with Gasteiger partial charge in [0.25, 0.3) is 0 Å². The van der Waals surface area contributed by atoms with E-state index in [1.54, 1.807) is 0 Å². The molecule has 84 valence electrons. The molecular formula is C9H18O5. The summed E-state index contributed by atoms with van der Waals surface area (Å²) < 4.78 is 10.2. The molecule has 14 heavy (non-hydrogen) atoms. The van der Waals surface area contributed by atoms with Crippen LogP contribution in [0.15, 0.2) is 0 Å². The quantitative estimate of drug-likeness (QED) is 0.548. The van der Waals surface area contributed by atoms with Crippen LogP contribution < -0.4 is 0 Å². The minimum Gasteiger partial charge on any atom is -0.376 e. The Kier molecular flexibility index (Phi) is 9.23. The smallest absolute Gasteiger partial charge is 0.245 e. The van der Waals surface area contributed by atoms with Crippen molar-refractivity contribution in [1.29, 1.82) is 0 Å². The van der Waals surface area contributed by atoms with E-state index in [1.165, 1.54) is 0 Å². The third-order valence-corrected chi connectivity index (χ3v) is 1.52. The third kappa shape index (κ3) is 9.88. The molecule has 0 amide bonds. The van der Waals surface area contributed by atoms with Gasteiger partial charge in [0.1, 0.15) is 6.61 Å². The first-order chi connectivity index (χ1) is 6.66. The molecule has 0 aromatic rings. The second-order valence-electron chi connectivity index (χ2n) is 3.02. The number of aliphatic hydroxyl groups is 2. The van der Waals surface area contributed by atoms with Crippen molar-refractivity contribution in [1.82, 2.24) is 0 Å². The second kappa shape index (κ2) is 9.36. The molecule has 0 aliphatic rings. The average molecular weight is 206 g/mol. The molecule has 2 N–H and O–H groups in total. The fraction of sp³-hybridized carbons (Fsp3) is 0.889. The lowest BCUT2D eigenvalue weighted by Crippen LogP contribution is -2.19. The largest absolute Gasteiger partial charge is 0.376 e. The summed E-state index contributed by atoms with van der Waals surface area (Å²) in [5, 5.41) is 26.8. The summed E-state index contributed by atoms with van der Waals surface area (Å²) in [5.41, 5.74) is 0. The van der Waals surface area contributed by atoms with Gasteiger partial charge in [0, 0.05) is 6.61 Å². The van der Waals surface area contributed by atoms with Gasteiger partial charge in [-0.1, -0.05) is 0 Å². The molecule has 0 aromatic heterocycles. The normalized spacial score (nSPS) is 13.5. The maximum Gasteiger partial charge on any atom is 0.245 e. The highest BCUT2D eigenvalue weighted by Gasteiger charge is 2.04. The predicted octanol–water partition coefficient (Wildman–Crippen LogP) is 0.853. The highest BCUT2D eigenvalue weighted by Crippen LogP contribution is 1.97. The number of aliphatic hydroxyl groups excluding tert-OH is 1. The van der Waals surface area contributed by atoms with Gasteiger partial charge in [-0.25, -0.2) is 5.11 Å². The van der Waals surface area contributed by atoms with E-state index in [4.69, 9.17) is 19.7 Å². The highest BCUT2D eigenvalue weighted by atomic mass is 16.6. The standard InChI is InChI=1S/C9H18O5/c1-8(6-13-7-9(11)12)14-5-3-2-4-10/h8,11-12H,2-7H2,1H3. The van der Waals surface area contributed by atoms with Gasteiger partial charge in [0.2, 0.25) is 6.29 Å². The Balaban J connectivity index is 3.15. The monoisotopic (exact) mass is 206 g/mol. The molecule has 0 aromatic carbocycles. The van der Waals surface area contributed by atoms with Crippen molar-refractivity contribution < 1.29 is 24.8 Å². The first-order valence-corrected chi connectivity index (χ1v) is 4.68. The Labute approximate surface area is 84.3 Å². The predicted molar refractivity (Wildman–Crippen MR) is 48.1 cm³/mol. The van der Waals surface area contributed by atoms with Crippen LogP contribution in [0.25, 0.3) is 0 Å². The van der Waals surface area contributed by atoms with Gasteiger partial charge in [0.05, 0.1) is 19.3 Å². The van der Waals surface area contributed by atoms with E-state index in [2.05, 4.69) is 0 Å². The minimum absolute atomic E-state index is 0.0679. The lowest BCUT2D eigenvalue weighted by atomic mass is 10.3. The summed E-state index contributed by atoms with van der Waals surface area (Å²) >= 11 is 0. The Morgan fingerprint density at radius 2 is 2.07 bits per heavy atom. The van der Waals surface area contributed by atoms with Crippen LogP contribution in [-0.4, -0.2) is 42.7 Å². The zero-order valence-corrected chi connectivity index (χ0v) is 8.44.